The molecular formula is C12H16O4. The zero-order valence-electron chi connectivity index (χ0n) is 9.51. The molecule has 0 heterocycles. The van der Waals surface area contributed by atoms with Crippen molar-refractivity contribution in [3.8, 4) is 0 Å². The van der Waals surface area contributed by atoms with Crippen molar-refractivity contribution in [1.29, 1.82) is 0 Å². The van der Waals surface area contributed by atoms with Crippen LogP contribution in [0.1, 0.15) is 26.7 Å². The molecule has 88 valence electrons. The Hall–Kier alpha value is -1.58. The molecule has 1 aliphatic carbocycles. The smallest absolute Gasteiger partial charge is 0.303 e. The maximum Gasteiger partial charge on any atom is 0.303 e. The van der Waals surface area contributed by atoms with Crippen molar-refractivity contribution in [2.45, 2.75) is 38.9 Å². The van der Waals surface area contributed by atoms with E-state index in [9.17, 15) is 9.59 Å². The van der Waals surface area contributed by atoms with Gasteiger partial charge in [-0.15, -0.1) is 0 Å². The first kappa shape index (κ1) is 12.5. The maximum absolute atomic E-state index is 10.8. The lowest BCUT2D eigenvalue weighted by molar-refractivity contribution is -0.144. The first-order chi connectivity index (χ1) is 7.58. The second kappa shape index (κ2) is 6.10. The zero-order chi connectivity index (χ0) is 12.0. The highest BCUT2D eigenvalue weighted by Crippen LogP contribution is 2.11. The van der Waals surface area contributed by atoms with Crippen molar-refractivity contribution in [3.05, 3.63) is 24.3 Å². The molecule has 1 rings (SSSR count). The van der Waals surface area contributed by atoms with Crippen LogP contribution < -0.4 is 0 Å². The van der Waals surface area contributed by atoms with E-state index in [0.717, 1.165) is 0 Å². The van der Waals surface area contributed by atoms with E-state index in [1.807, 2.05) is 24.3 Å². The van der Waals surface area contributed by atoms with Gasteiger partial charge in [-0.2, -0.15) is 0 Å². The van der Waals surface area contributed by atoms with Crippen LogP contribution in [0.15, 0.2) is 24.3 Å². The summed E-state index contributed by atoms with van der Waals surface area (Å²) in [6, 6.07) is 0. The van der Waals surface area contributed by atoms with Crippen LogP contribution in [0.5, 0.6) is 0 Å². The first-order valence-corrected chi connectivity index (χ1v) is 5.25. The summed E-state index contributed by atoms with van der Waals surface area (Å²) in [4.78, 5) is 21.5. The van der Waals surface area contributed by atoms with Gasteiger partial charge in [0.05, 0.1) is 0 Å². The van der Waals surface area contributed by atoms with E-state index in [0.29, 0.717) is 12.8 Å². The third-order valence-corrected chi connectivity index (χ3v) is 2.07. The average Bonchev–Trinajstić information content (AvgIpc) is 2.11. The fourth-order valence-electron chi connectivity index (χ4n) is 1.49. The van der Waals surface area contributed by atoms with Crippen LogP contribution in [0.25, 0.3) is 0 Å². The van der Waals surface area contributed by atoms with E-state index in [1.54, 1.807) is 0 Å². The third kappa shape index (κ3) is 4.77. The molecule has 4 heteroatoms. The monoisotopic (exact) mass is 224 g/mol. The van der Waals surface area contributed by atoms with Gasteiger partial charge in [0.1, 0.15) is 12.2 Å². The average molecular weight is 224 g/mol. The van der Waals surface area contributed by atoms with Gasteiger partial charge in [-0.05, 0) is 12.2 Å². The number of carbonyl (C=O) groups is 2. The number of rotatable bonds is 2. The highest BCUT2D eigenvalue weighted by molar-refractivity contribution is 5.66. The summed E-state index contributed by atoms with van der Waals surface area (Å²) in [5.74, 6) is -0.583. The fraction of sp³-hybridized carbons (Fsp3) is 0.500. The van der Waals surface area contributed by atoms with Crippen LogP contribution in [-0.2, 0) is 19.1 Å². The van der Waals surface area contributed by atoms with E-state index < -0.39 is 0 Å². The molecule has 0 aromatic rings. The molecule has 2 unspecified atom stereocenters. The summed E-state index contributed by atoms with van der Waals surface area (Å²) in [7, 11) is 0. The second-order valence-corrected chi connectivity index (χ2v) is 3.62. The van der Waals surface area contributed by atoms with Crippen molar-refractivity contribution < 1.29 is 19.1 Å². The minimum atomic E-state index is -0.292. The van der Waals surface area contributed by atoms with E-state index in [2.05, 4.69) is 0 Å². The molecule has 2 atom stereocenters. The Morgan fingerprint density at radius 2 is 1.31 bits per heavy atom. The minimum Gasteiger partial charge on any atom is -0.458 e. The highest BCUT2D eigenvalue weighted by atomic mass is 16.5. The normalized spacial score (nSPS) is 28.4. The number of hydrogen-bond donors (Lipinski definition) is 0. The topological polar surface area (TPSA) is 52.6 Å². The van der Waals surface area contributed by atoms with Gasteiger partial charge in [0.2, 0.25) is 0 Å². The summed E-state index contributed by atoms with van der Waals surface area (Å²) >= 11 is 0. The van der Waals surface area contributed by atoms with E-state index in [-0.39, 0.29) is 24.1 Å². The molecule has 0 amide bonds. The molecule has 0 aliphatic heterocycles. The lowest BCUT2D eigenvalue weighted by Gasteiger charge is -2.16. The summed E-state index contributed by atoms with van der Waals surface area (Å²) in [6.07, 6.45) is 8.15. The van der Waals surface area contributed by atoms with Crippen LogP contribution in [0.2, 0.25) is 0 Å². The van der Waals surface area contributed by atoms with Gasteiger partial charge >= 0.3 is 11.9 Å². The molecule has 16 heavy (non-hydrogen) atoms. The summed E-state index contributed by atoms with van der Waals surface area (Å²) in [6.45, 7) is 2.77. The largest absolute Gasteiger partial charge is 0.458 e. The summed E-state index contributed by atoms with van der Waals surface area (Å²) in [5.41, 5.74) is 0. The van der Waals surface area contributed by atoms with Crippen LogP contribution in [-0.4, -0.2) is 24.1 Å². The molecule has 0 bridgehead atoms. The zero-order valence-corrected chi connectivity index (χ0v) is 9.51. The Morgan fingerprint density at radius 1 is 0.938 bits per heavy atom. The molecule has 0 saturated heterocycles. The second-order valence-electron chi connectivity index (χ2n) is 3.62. The van der Waals surface area contributed by atoms with Gasteiger partial charge in [0.15, 0.2) is 0 Å². The van der Waals surface area contributed by atoms with Crippen LogP contribution in [0.3, 0.4) is 0 Å². The number of esters is 2. The SMILES string of the molecule is CC(=O)OC1/C=C\CC(OC(C)=O)/C=C\C1. The van der Waals surface area contributed by atoms with Gasteiger partial charge in [-0.1, -0.05) is 12.2 Å². The van der Waals surface area contributed by atoms with E-state index in [1.165, 1.54) is 13.8 Å². The van der Waals surface area contributed by atoms with Crippen LogP contribution >= 0.6 is 0 Å². The molecule has 0 saturated carbocycles. The van der Waals surface area contributed by atoms with Gasteiger partial charge in [-0.3, -0.25) is 9.59 Å². The first-order valence-electron chi connectivity index (χ1n) is 5.25. The maximum atomic E-state index is 10.8. The van der Waals surface area contributed by atoms with Gasteiger partial charge in [-0.25, -0.2) is 0 Å². The fourth-order valence-corrected chi connectivity index (χ4v) is 1.49. The molecule has 0 N–H and O–H groups in total. The van der Waals surface area contributed by atoms with Crippen molar-refractivity contribution in [2.24, 2.45) is 0 Å². The van der Waals surface area contributed by atoms with E-state index in [4.69, 9.17) is 9.47 Å². The molecule has 1 aliphatic rings. The quantitative estimate of drug-likeness (QED) is 0.529. The molecule has 0 spiro atoms. The summed E-state index contributed by atoms with van der Waals surface area (Å²) in [5, 5.41) is 0. The Labute approximate surface area is 94.9 Å². The van der Waals surface area contributed by atoms with Crippen molar-refractivity contribution in [1.82, 2.24) is 0 Å². The van der Waals surface area contributed by atoms with Gasteiger partial charge in [0.25, 0.3) is 0 Å². The molecule has 0 fully saturated rings. The standard InChI is InChI=1S/C12H16O4/c1-9(13)15-11-5-3-7-12(8-4-6-11)16-10(2)14/h3-5,8,11-12H,6-7H2,1-2H3/b5-3-,8-4-. The Balaban J connectivity index is 2.50. The van der Waals surface area contributed by atoms with E-state index >= 15 is 0 Å². The molecular weight excluding hydrogens is 208 g/mol. The predicted octanol–water partition coefficient (Wildman–Crippen LogP) is 1.76. The number of hydrogen-bond acceptors (Lipinski definition) is 4. The lowest BCUT2D eigenvalue weighted by atomic mass is 10.1. The van der Waals surface area contributed by atoms with Crippen molar-refractivity contribution >= 4 is 11.9 Å². The van der Waals surface area contributed by atoms with Crippen molar-refractivity contribution in [3.63, 3.8) is 0 Å². The Kier molecular flexibility index (Phi) is 4.76. The number of ether oxygens (including phenoxy) is 2. The van der Waals surface area contributed by atoms with Gasteiger partial charge in [0, 0.05) is 26.7 Å². The Bertz CT molecular complexity index is 285. The Morgan fingerprint density at radius 3 is 1.62 bits per heavy atom. The van der Waals surface area contributed by atoms with Crippen LogP contribution in [0, 0.1) is 0 Å². The predicted molar refractivity (Wildman–Crippen MR) is 58.6 cm³/mol. The van der Waals surface area contributed by atoms with Crippen LogP contribution in [0.4, 0.5) is 0 Å². The summed E-state index contributed by atoms with van der Waals surface area (Å²) < 4.78 is 10.1. The molecule has 0 radical (unpaired) electrons. The highest BCUT2D eigenvalue weighted by Gasteiger charge is 2.12. The lowest BCUT2D eigenvalue weighted by Crippen LogP contribution is -2.17. The molecule has 4 nitrogen and oxygen atoms in total. The third-order valence-electron chi connectivity index (χ3n) is 2.07. The minimum absolute atomic E-state index is 0.216. The van der Waals surface area contributed by atoms with Gasteiger partial charge < -0.3 is 9.47 Å². The number of carbonyl (C=O) groups excluding carboxylic acids is 2. The van der Waals surface area contributed by atoms with Crippen molar-refractivity contribution in [2.75, 3.05) is 0 Å². The molecule has 0 aromatic carbocycles. The molecule has 0 aromatic heterocycles.